The van der Waals surface area contributed by atoms with Crippen LogP contribution in [0.25, 0.3) is 11.4 Å². The minimum Gasteiger partial charge on any atom is -0.478 e. The van der Waals surface area contributed by atoms with Gasteiger partial charge in [0.05, 0.1) is 35.2 Å². The normalized spacial score (nSPS) is 14.2. The Bertz CT molecular complexity index is 1870. The Balaban J connectivity index is 0.000000194. The van der Waals surface area contributed by atoms with E-state index in [1.165, 1.54) is 21.5 Å². The SMILES string of the molecule is Cc1nn(-c2ccc(C(F)(F)F)nc2)cc1CCC(=O)C1=CCCC1.Cc1nn(-c2ccc(C(F)(F)F)nc2)cc1CN.O=C(O)C1=CCCC1. The number of pyridine rings is 2. The number of nitrogens with zero attached hydrogens (tertiary/aromatic N) is 6. The molecule has 0 spiro atoms. The van der Waals surface area contributed by atoms with Crippen LogP contribution in [-0.2, 0) is 34.9 Å². The summed E-state index contributed by atoms with van der Waals surface area (Å²) in [7, 11) is 0. The minimum absolute atomic E-state index is 0.167. The molecule has 51 heavy (non-hydrogen) atoms. The van der Waals surface area contributed by atoms with Crippen LogP contribution in [0.5, 0.6) is 0 Å². The summed E-state index contributed by atoms with van der Waals surface area (Å²) >= 11 is 0. The van der Waals surface area contributed by atoms with Gasteiger partial charge in [0.1, 0.15) is 11.4 Å². The molecule has 0 fully saturated rings. The van der Waals surface area contributed by atoms with Crippen molar-refractivity contribution < 1.29 is 41.0 Å². The number of aliphatic carboxylic acids is 1. The van der Waals surface area contributed by atoms with Crippen molar-refractivity contribution in [3.8, 4) is 11.4 Å². The molecule has 0 amide bonds. The van der Waals surface area contributed by atoms with Crippen molar-refractivity contribution >= 4 is 11.8 Å². The Morgan fingerprint density at radius 3 is 1.59 bits per heavy atom. The first-order valence-electron chi connectivity index (χ1n) is 16.1. The molecule has 0 aromatic carbocycles. The van der Waals surface area contributed by atoms with Gasteiger partial charge in [0.25, 0.3) is 0 Å². The monoisotopic (exact) mass is 717 g/mol. The Hall–Kier alpha value is -5.12. The number of aryl methyl sites for hydroxylation is 3. The molecular weight excluding hydrogens is 680 g/mol. The quantitative estimate of drug-likeness (QED) is 0.179. The highest BCUT2D eigenvalue weighted by molar-refractivity contribution is 5.95. The lowest BCUT2D eigenvalue weighted by Crippen LogP contribution is -2.08. The maximum Gasteiger partial charge on any atom is 0.433 e. The van der Waals surface area contributed by atoms with Gasteiger partial charge in [-0.3, -0.25) is 4.79 Å². The molecule has 2 aliphatic rings. The number of carboxylic acids is 1. The van der Waals surface area contributed by atoms with Crippen LogP contribution in [0.15, 0.2) is 72.4 Å². The summed E-state index contributed by atoms with van der Waals surface area (Å²) in [5.41, 5.74) is 9.32. The Morgan fingerprint density at radius 1 is 0.765 bits per heavy atom. The van der Waals surface area contributed by atoms with Crippen LogP contribution >= 0.6 is 0 Å². The van der Waals surface area contributed by atoms with E-state index < -0.39 is 29.7 Å². The number of carboxylic acid groups (broad SMARTS) is 1. The third kappa shape index (κ3) is 10.7. The number of hydrogen-bond donors (Lipinski definition) is 2. The molecule has 3 N–H and O–H groups in total. The molecule has 0 saturated heterocycles. The number of Topliss-reactive ketones (excluding diaryl/α,β-unsaturated/α-hetero) is 1. The first-order valence-corrected chi connectivity index (χ1v) is 16.1. The van der Waals surface area contributed by atoms with Crippen molar-refractivity contribution in [2.24, 2.45) is 5.73 Å². The van der Waals surface area contributed by atoms with Gasteiger partial charge in [-0.1, -0.05) is 12.2 Å². The fourth-order valence-electron chi connectivity index (χ4n) is 5.28. The molecule has 16 heteroatoms. The molecule has 6 rings (SSSR count). The standard InChI is InChI=1S/C18H18F3N3O.C11H11F3N4.C6H8O2/c1-12-14(6-8-16(25)13-4-2-3-5-13)11-24(23-12)15-7-9-17(22-10-15)18(19,20)21;1-7-8(4-15)6-18(17-7)9-2-3-10(16-5-9)11(12,13)14;7-6(8)5-3-1-2-4-5/h4,7,9-11H,2-3,5-6,8H2,1H3;2-3,5-6H,4,15H2,1H3;3H,1-2,4H2,(H,7,8). The number of carbonyl (C=O) groups excluding carboxylic acids is 1. The second-order valence-corrected chi connectivity index (χ2v) is 11.8. The number of ketones is 1. The van der Waals surface area contributed by atoms with Gasteiger partial charge in [0.2, 0.25) is 0 Å². The lowest BCUT2D eigenvalue weighted by Gasteiger charge is -2.06. The molecule has 0 radical (unpaired) electrons. The van der Waals surface area contributed by atoms with Crippen molar-refractivity contribution in [3.05, 3.63) is 106 Å². The maximum absolute atomic E-state index is 12.6. The van der Waals surface area contributed by atoms with Gasteiger partial charge in [-0.2, -0.15) is 36.5 Å². The van der Waals surface area contributed by atoms with E-state index >= 15 is 0 Å². The lowest BCUT2D eigenvalue weighted by atomic mass is 10.0. The van der Waals surface area contributed by atoms with Crippen molar-refractivity contribution in [2.75, 3.05) is 0 Å². The largest absolute Gasteiger partial charge is 0.478 e. The molecule has 4 aromatic heterocycles. The van der Waals surface area contributed by atoms with Crippen LogP contribution in [0.4, 0.5) is 26.3 Å². The first kappa shape index (κ1) is 38.7. The average molecular weight is 718 g/mol. The highest BCUT2D eigenvalue weighted by Gasteiger charge is 2.33. The number of alkyl halides is 6. The van der Waals surface area contributed by atoms with E-state index in [-0.39, 0.29) is 5.78 Å². The van der Waals surface area contributed by atoms with Gasteiger partial charge in [-0.25, -0.2) is 24.1 Å². The van der Waals surface area contributed by atoms with Crippen LogP contribution in [-0.4, -0.2) is 46.4 Å². The van der Waals surface area contributed by atoms with E-state index in [4.69, 9.17) is 10.8 Å². The minimum atomic E-state index is -4.46. The number of hydrogen-bond acceptors (Lipinski definition) is 7. The summed E-state index contributed by atoms with van der Waals surface area (Å²) in [6.45, 7) is 3.94. The predicted octanol–water partition coefficient (Wildman–Crippen LogP) is 7.44. The topological polar surface area (TPSA) is 142 Å². The Labute approximate surface area is 289 Å². The summed E-state index contributed by atoms with van der Waals surface area (Å²) < 4.78 is 77.7. The summed E-state index contributed by atoms with van der Waals surface area (Å²) in [6.07, 6.45) is 7.19. The molecule has 0 aliphatic heterocycles. The van der Waals surface area contributed by atoms with E-state index in [0.29, 0.717) is 36.3 Å². The second-order valence-electron chi connectivity index (χ2n) is 11.8. The van der Waals surface area contributed by atoms with Gasteiger partial charge >= 0.3 is 18.3 Å². The highest BCUT2D eigenvalue weighted by atomic mass is 19.4. The van der Waals surface area contributed by atoms with Crippen molar-refractivity contribution in [3.63, 3.8) is 0 Å². The fourth-order valence-corrected chi connectivity index (χ4v) is 5.28. The third-order valence-corrected chi connectivity index (χ3v) is 8.16. The number of allylic oxidation sites excluding steroid dienone is 3. The summed E-state index contributed by atoms with van der Waals surface area (Å²) in [4.78, 5) is 29.1. The zero-order chi connectivity index (χ0) is 37.3. The van der Waals surface area contributed by atoms with Gasteiger partial charge in [-0.05, 0) is 94.2 Å². The molecule has 0 unspecified atom stereocenters. The number of carbonyl (C=O) groups is 2. The smallest absolute Gasteiger partial charge is 0.433 e. The molecular formula is C35H37F6N7O3. The number of halogens is 6. The van der Waals surface area contributed by atoms with Crippen LogP contribution in [0.2, 0.25) is 0 Å². The molecule has 0 atom stereocenters. The zero-order valence-electron chi connectivity index (χ0n) is 27.9. The van der Waals surface area contributed by atoms with Gasteiger partial charge in [0.15, 0.2) is 5.78 Å². The van der Waals surface area contributed by atoms with E-state index in [1.807, 2.05) is 13.0 Å². The van der Waals surface area contributed by atoms with Crippen molar-refractivity contribution in [1.82, 2.24) is 29.5 Å². The molecule has 4 aromatic rings. The molecule has 2 aliphatic carbocycles. The van der Waals surface area contributed by atoms with E-state index in [2.05, 4.69) is 20.2 Å². The summed E-state index contributed by atoms with van der Waals surface area (Å²) in [6, 6.07) is 4.51. The number of rotatable bonds is 8. The highest BCUT2D eigenvalue weighted by Crippen LogP contribution is 2.29. The average Bonchev–Trinajstić information content (AvgIpc) is 3.92. The Kier molecular flexibility index (Phi) is 12.7. The lowest BCUT2D eigenvalue weighted by molar-refractivity contribution is -0.141. The molecule has 272 valence electrons. The van der Waals surface area contributed by atoms with Crippen LogP contribution in [0.3, 0.4) is 0 Å². The Morgan fingerprint density at radius 2 is 1.24 bits per heavy atom. The predicted molar refractivity (Wildman–Crippen MR) is 175 cm³/mol. The maximum atomic E-state index is 12.6. The summed E-state index contributed by atoms with van der Waals surface area (Å²) in [5, 5.41) is 16.8. The third-order valence-electron chi connectivity index (χ3n) is 8.16. The first-order chi connectivity index (χ1) is 24.1. The number of nitrogens with two attached hydrogens (primary N) is 1. The van der Waals surface area contributed by atoms with Crippen molar-refractivity contribution in [2.45, 2.75) is 84.1 Å². The zero-order valence-corrected chi connectivity index (χ0v) is 27.9. The molecule has 4 heterocycles. The van der Waals surface area contributed by atoms with Gasteiger partial charge in [0, 0.05) is 36.5 Å². The van der Waals surface area contributed by atoms with Crippen molar-refractivity contribution in [1.29, 1.82) is 0 Å². The van der Waals surface area contributed by atoms with E-state index in [1.54, 1.807) is 25.4 Å². The van der Waals surface area contributed by atoms with Crippen LogP contribution in [0, 0.1) is 13.8 Å². The van der Waals surface area contributed by atoms with Crippen LogP contribution < -0.4 is 5.73 Å². The number of aromatic nitrogens is 6. The molecule has 0 bridgehead atoms. The van der Waals surface area contributed by atoms with Crippen LogP contribution in [0.1, 0.15) is 78.8 Å². The van der Waals surface area contributed by atoms with Gasteiger partial charge < -0.3 is 10.8 Å². The van der Waals surface area contributed by atoms with E-state index in [0.717, 1.165) is 91.1 Å². The summed E-state index contributed by atoms with van der Waals surface area (Å²) in [5.74, 6) is -0.580. The fraction of sp³-hybridized carbons (Fsp3) is 0.371. The second kappa shape index (κ2) is 16.7. The van der Waals surface area contributed by atoms with Gasteiger partial charge in [-0.15, -0.1) is 0 Å². The molecule has 0 saturated carbocycles. The molecule has 10 nitrogen and oxygen atoms in total. The van der Waals surface area contributed by atoms with E-state index in [9.17, 15) is 35.9 Å².